The number of hydrogen-bond donors (Lipinski definition) is 1. The molecular formula is C15H28ClN3. The average Bonchev–Trinajstić information content (AvgIpc) is 2.63. The van der Waals surface area contributed by atoms with E-state index in [2.05, 4.69) is 38.1 Å². The zero-order valence-corrected chi connectivity index (χ0v) is 13.7. The van der Waals surface area contributed by atoms with Crippen molar-refractivity contribution >= 4 is 11.6 Å². The molecule has 19 heavy (non-hydrogen) atoms. The summed E-state index contributed by atoms with van der Waals surface area (Å²) in [5.41, 5.74) is 2.17. The molecule has 0 spiro atoms. The summed E-state index contributed by atoms with van der Waals surface area (Å²) in [6.07, 6.45) is 4.29. The molecule has 1 heterocycles. The Morgan fingerprint density at radius 3 is 2.42 bits per heavy atom. The van der Waals surface area contributed by atoms with Gasteiger partial charge in [0, 0.05) is 19.5 Å². The van der Waals surface area contributed by atoms with Gasteiger partial charge in [-0.05, 0) is 31.7 Å². The zero-order chi connectivity index (χ0) is 14.4. The molecule has 1 aromatic rings. The van der Waals surface area contributed by atoms with E-state index in [0.717, 1.165) is 41.7 Å². The molecule has 0 aliphatic rings. The first-order chi connectivity index (χ1) is 8.99. The van der Waals surface area contributed by atoms with Crippen molar-refractivity contribution in [1.29, 1.82) is 0 Å². The molecule has 1 rings (SSSR count). The minimum Gasteiger partial charge on any atom is -0.314 e. The molecule has 0 radical (unpaired) electrons. The summed E-state index contributed by atoms with van der Waals surface area (Å²) in [7, 11) is 1.99. The highest BCUT2D eigenvalue weighted by Crippen LogP contribution is 2.23. The van der Waals surface area contributed by atoms with Crippen LogP contribution < -0.4 is 5.32 Å². The van der Waals surface area contributed by atoms with E-state index >= 15 is 0 Å². The van der Waals surface area contributed by atoms with Crippen LogP contribution in [0, 0.1) is 5.92 Å². The molecule has 0 aromatic carbocycles. The van der Waals surface area contributed by atoms with E-state index in [1.165, 1.54) is 12.8 Å². The summed E-state index contributed by atoms with van der Waals surface area (Å²) in [6.45, 7) is 9.80. The Balaban J connectivity index is 2.75. The summed E-state index contributed by atoms with van der Waals surface area (Å²) in [5, 5.41) is 8.92. The highest BCUT2D eigenvalue weighted by molar-refractivity contribution is 6.31. The van der Waals surface area contributed by atoms with Crippen LogP contribution in [-0.4, -0.2) is 22.4 Å². The molecule has 1 N–H and O–H groups in total. The Hall–Kier alpha value is -0.540. The van der Waals surface area contributed by atoms with Crippen molar-refractivity contribution in [3.63, 3.8) is 0 Å². The van der Waals surface area contributed by atoms with Gasteiger partial charge in [0.25, 0.3) is 0 Å². The Kier molecular flexibility index (Phi) is 6.87. The summed E-state index contributed by atoms with van der Waals surface area (Å²) >= 11 is 6.43. The third kappa shape index (κ3) is 4.81. The number of rotatable bonds is 8. The lowest BCUT2D eigenvalue weighted by molar-refractivity contribution is 0.427. The highest BCUT2D eigenvalue weighted by Gasteiger charge is 2.17. The van der Waals surface area contributed by atoms with Crippen molar-refractivity contribution in [2.75, 3.05) is 6.54 Å². The van der Waals surface area contributed by atoms with Crippen LogP contribution in [0.15, 0.2) is 0 Å². The minimum absolute atomic E-state index is 0.491. The van der Waals surface area contributed by atoms with Crippen molar-refractivity contribution in [2.24, 2.45) is 13.0 Å². The maximum absolute atomic E-state index is 6.43. The van der Waals surface area contributed by atoms with E-state index in [9.17, 15) is 0 Å². The second-order valence-corrected chi connectivity index (χ2v) is 5.99. The summed E-state index contributed by atoms with van der Waals surface area (Å²) in [5.74, 6) is 0.745. The Morgan fingerprint density at radius 1 is 1.26 bits per heavy atom. The van der Waals surface area contributed by atoms with E-state index in [1.54, 1.807) is 0 Å². The number of nitrogens with zero attached hydrogens (tertiary/aromatic N) is 2. The van der Waals surface area contributed by atoms with E-state index in [-0.39, 0.29) is 0 Å². The summed E-state index contributed by atoms with van der Waals surface area (Å²) in [4.78, 5) is 0. The van der Waals surface area contributed by atoms with Gasteiger partial charge < -0.3 is 5.32 Å². The van der Waals surface area contributed by atoms with Gasteiger partial charge in [-0.2, -0.15) is 5.10 Å². The molecule has 1 aromatic heterocycles. The molecule has 0 amide bonds. The van der Waals surface area contributed by atoms with Crippen LogP contribution >= 0.6 is 11.6 Å². The number of hydrogen-bond acceptors (Lipinski definition) is 2. The van der Waals surface area contributed by atoms with Crippen molar-refractivity contribution in [2.45, 2.75) is 59.4 Å². The Bertz CT molecular complexity index is 385. The number of likely N-dealkylation sites (N-methyl/N-ethyl adjacent to an activating group) is 1. The minimum atomic E-state index is 0.491. The van der Waals surface area contributed by atoms with Crippen LogP contribution in [0.3, 0.4) is 0 Å². The average molecular weight is 286 g/mol. The molecule has 0 saturated heterocycles. The van der Waals surface area contributed by atoms with Crippen LogP contribution in [0.25, 0.3) is 0 Å². The summed E-state index contributed by atoms with van der Waals surface area (Å²) < 4.78 is 1.95. The van der Waals surface area contributed by atoms with Crippen molar-refractivity contribution in [3.05, 3.63) is 16.4 Å². The molecule has 4 heteroatoms. The van der Waals surface area contributed by atoms with Crippen molar-refractivity contribution < 1.29 is 0 Å². The number of nitrogens with one attached hydrogen (secondary N) is 1. The fourth-order valence-electron chi connectivity index (χ4n) is 2.37. The predicted molar refractivity (Wildman–Crippen MR) is 82.8 cm³/mol. The van der Waals surface area contributed by atoms with Crippen molar-refractivity contribution in [3.8, 4) is 0 Å². The molecule has 0 aliphatic heterocycles. The van der Waals surface area contributed by atoms with Gasteiger partial charge in [-0.15, -0.1) is 0 Å². The fraction of sp³-hybridized carbons (Fsp3) is 0.800. The molecule has 3 nitrogen and oxygen atoms in total. The molecule has 1 unspecified atom stereocenters. The van der Waals surface area contributed by atoms with Gasteiger partial charge in [0.1, 0.15) is 0 Å². The van der Waals surface area contributed by atoms with E-state index < -0.39 is 0 Å². The van der Waals surface area contributed by atoms with Gasteiger partial charge in [0.2, 0.25) is 0 Å². The maximum atomic E-state index is 6.43. The smallest absolute Gasteiger partial charge is 0.0850 e. The van der Waals surface area contributed by atoms with Gasteiger partial charge in [-0.25, -0.2) is 0 Å². The van der Waals surface area contributed by atoms with E-state index in [1.807, 2.05) is 11.7 Å². The van der Waals surface area contributed by atoms with Gasteiger partial charge in [0.05, 0.1) is 16.4 Å². The molecule has 0 fully saturated rings. The van der Waals surface area contributed by atoms with E-state index in [0.29, 0.717) is 6.04 Å². The molecule has 0 bridgehead atoms. The predicted octanol–water partition coefficient (Wildman–Crippen LogP) is 3.59. The second-order valence-electron chi connectivity index (χ2n) is 5.61. The van der Waals surface area contributed by atoms with Crippen LogP contribution in [0.2, 0.25) is 5.02 Å². The lowest BCUT2D eigenvalue weighted by Crippen LogP contribution is -2.32. The zero-order valence-electron chi connectivity index (χ0n) is 13.0. The monoisotopic (exact) mass is 285 g/mol. The normalized spacial score (nSPS) is 13.2. The summed E-state index contributed by atoms with van der Waals surface area (Å²) in [6, 6.07) is 0.491. The molecule has 1 atom stereocenters. The molecular weight excluding hydrogens is 258 g/mol. The number of halogens is 1. The highest BCUT2D eigenvalue weighted by atomic mass is 35.5. The van der Waals surface area contributed by atoms with E-state index in [4.69, 9.17) is 11.6 Å². The first-order valence-corrected chi connectivity index (χ1v) is 7.80. The van der Waals surface area contributed by atoms with Crippen LogP contribution in [-0.2, 0) is 19.9 Å². The lowest BCUT2D eigenvalue weighted by atomic mass is 9.99. The number of aromatic nitrogens is 2. The van der Waals surface area contributed by atoms with Crippen LogP contribution in [0.1, 0.15) is 51.9 Å². The van der Waals surface area contributed by atoms with Gasteiger partial charge in [-0.1, -0.05) is 39.3 Å². The maximum Gasteiger partial charge on any atom is 0.0850 e. The van der Waals surface area contributed by atoms with Gasteiger partial charge >= 0.3 is 0 Å². The van der Waals surface area contributed by atoms with Crippen molar-refractivity contribution in [1.82, 2.24) is 15.1 Å². The van der Waals surface area contributed by atoms with Gasteiger partial charge in [-0.3, -0.25) is 4.68 Å². The Morgan fingerprint density at radius 2 is 1.95 bits per heavy atom. The van der Waals surface area contributed by atoms with Gasteiger partial charge in [0.15, 0.2) is 0 Å². The molecule has 110 valence electrons. The SMILES string of the molecule is CCNC(CCC(C)C)Cc1c(Cl)c(CC)nn1C. The van der Waals surface area contributed by atoms with Crippen LogP contribution in [0.4, 0.5) is 0 Å². The third-order valence-corrected chi connectivity index (χ3v) is 3.96. The molecule has 0 saturated carbocycles. The lowest BCUT2D eigenvalue weighted by Gasteiger charge is -2.19. The first kappa shape index (κ1) is 16.5. The topological polar surface area (TPSA) is 29.9 Å². The quantitative estimate of drug-likeness (QED) is 0.791. The number of aryl methyl sites for hydroxylation is 2. The largest absolute Gasteiger partial charge is 0.314 e. The standard InChI is InChI=1S/C15H28ClN3/c1-6-13-15(16)14(19(5)18-13)10-12(17-7-2)9-8-11(3)4/h11-12,17H,6-10H2,1-5H3. The third-order valence-electron chi connectivity index (χ3n) is 3.53. The first-order valence-electron chi connectivity index (χ1n) is 7.43. The Labute approximate surface area is 122 Å². The fourth-order valence-corrected chi connectivity index (χ4v) is 2.75. The van der Waals surface area contributed by atoms with Crippen LogP contribution in [0.5, 0.6) is 0 Å². The second kappa shape index (κ2) is 7.91. The molecule has 0 aliphatic carbocycles.